The van der Waals surface area contributed by atoms with Crippen LogP contribution in [0.5, 0.6) is 0 Å². The molecule has 1 aromatic carbocycles. The van der Waals surface area contributed by atoms with E-state index in [0.717, 1.165) is 6.07 Å². The fourth-order valence-electron chi connectivity index (χ4n) is 1.57. The number of rotatable bonds is 1. The van der Waals surface area contributed by atoms with Crippen LogP contribution >= 0.6 is 0 Å². The molecule has 0 spiro atoms. The van der Waals surface area contributed by atoms with E-state index in [1.165, 1.54) is 0 Å². The fourth-order valence-corrected chi connectivity index (χ4v) is 1.57. The van der Waals surface area contributed by atoms with Crippen LogP contribution in [0, 0.1) is 17.0 Å². The summed E-state index contributed by atoms with van der Waals surface area (Å²) in [5.74, 6) is -3.30. The lowest BCUT2D eigenvalue weighted by molar-refractivity contribution is -0.140. The molecular weight excluding hydrogens is 239 g/mol. The van der Waals surface area contributed by atoms with Gasteiger partial charge in [-0.15, -0.1) is 0 Å². The highest BCUT2D eigenvalue weighted by Crippen LogP contribution is 2.34. The van der Waals surface area contributed by atoms with Gasteiger partial charge >= 0.3 is 6.18 Å². The number of alkyl halides is 3. The smallest absolute Gasteiger partial charge is 0.204 e. The molecule has 0 aliphatic heterocycles. The van der Waals surface area contributed by atoms with Crippen molar-refractivity contribution in [2.75, 3.05) is 0 Å². The number of halogens is 5. The quantitative estimate of drug-likeness (QED) is 0.642. The second kappa shape index (κ2) is 4.27. The Morgan fingerprint density at radius 2 is 1.53 bits per heavy atom. The lowest BCUT2D eigenvalue weighted by Crippen LogP contribution is -2.14. The molecule has 0 N–H and O–H groups in total. The standard InChI is InChI=1S/C12H13F5/c1-11(2,3)6-7-4-8(12(15,16)17)10(14)9(13)5-7/h4-5H,6H2,1-3H3. The zero-order valence-electron chi connectivity index (χ0n) is 9.75. The van der Waals surface area contributed by atoms with Gasteiger partial charge in [-0.05, 0) is 29.5 Å². The lowest BCUT2D eigenvalue weighted by atomic mass is 9.87. The van der Waals surface area contributed by atoms with Crippen LogP contribution in [0.15, 0.2) is 12.1 Å². The Labute approximate surface area is 96.4 Å². The first-order chi connectivity index (χ1) is 7.50. The average molecular weight is 252 g/mol. The molecule has 0 aliphatic rings. The van der Waals surface area contributed by atoms with Crippen LogP contribution in [-0.2, 0) is 12.6 Å². The summed E-state index contributed by atoms with van der Waals surface area (Å²) < 4.78 is 63.4. The van der Waals surface area contributed by atoms with Crippen LogP contribution < -0.4 is 0 Å². The molecular formula is C12H13F5. The summed E-state index contributed by atoms with van der Waals surface area (Å²) in [6.45, 7) is 5.42. The fraction of sp³-hybridized carbons (Fsp3) is 0.500. The summed E-state index contributed by atoms with van der Waals surface area (Å²) in [5.41, 5.74) is -1.70. The molecule has 0 fully saturated rings. The Balaban J connectivity index is 3.25. The monoisotopic (exact) mass is 252 g/mol. The first-order valence-corrected chi connectivity index (χ1v) is 5.06. The van der Waals surface area contributed by atoms with Crippen molar-refractivity contribution >= 4 is 0 Å². The molecule has 17 heavy (non-hydrogen) atoms. The maximum atomic E-state index is 13.1. The summed E-state index contributed by atoms with van der Waals surface area (Å²) in [7, 11) is 0. The van der Waals surface area contributed by atoms with E-state index in [1.807, 2.05) is 20.8 Å². The Morgan fingerprint density at radius 1 is 1.00 bits per heavy atom. The van der Waals surface area contributed by atoms with Gasteiger partial charge in [0.05, 0.1) is 5.56 Å². The summed E-state index contributed by atoms with van der Waals surface area (Å²) in [5, 5.41) is 0. The molecule has 1 rings (SSSR count). The average Bonchev–Trinajstić information content (AvgIpc) is 2.06. The van der Waals surface area contributed by atoms with Crippen molar-refractivity contribution in [1.29, 1.82) is 0 Å². The van der Waals surface area contributed by atoms with Gasteiger partial charge in [0.15, 0.2) is 11.6 Å². The van der Waals surface area contributed by atoms with Crippen molar-refractivity contribution in [3.63, 3.8) is 0 Å². The summed E-state index contributed by atoms with van der Waals surface area (Å²) in [6.07, 6.45) is -4.63. The van der Waals surface area contributed by atoms with Gasteiger partial charge in [0.25, 0.3) is 0 Å². The van der Waals surface area contributed by atoms with Gasteiger partial charge < -0.3 is 0 Å². The molecule has 0 aliphatic carbocycles. The van der Waals surface area contributed by atoms with Crippen LogP contribution in [0.2, 0.25) is 0 Å². The van der Waals surface area contributed by atoms with Gasteiger partial charge in [0.1, 0.15) is 0 Å². The molecule has 96 valence electrons. The maximum absolute atomic E-state index is 13.1. The number of hydrogen-bond donors (Lipinski definition) is 0. The zero-order valence-corrected chi connectivity index (χ0v) is 9.75. The van der Waals surface area contributed by atoms with Gasteiger partial charge in [0.2, 0.25) is 0 Å². The highest BCUT2D eigenvalue weighted by atomic mass is 19.4. The topological polar surface area (TPSA) is 0 Å². The Kier molecular flexibility index (Phi) is 3.50. The largest absolute Gasteiger partial charge is 0.419 e. The molecule has 0 bridgehead atoms. The van der Waals surface area contributed by atoms with Crippen molar-refractivity contribution in [2.24, 2.45) is 5.41 Å². The summed E-state index contributed by atoms with van der Waals surface area (Å²) >= 11 is 0. The third kappa shape index (κ3) is 3.68. The second-order valence-corrected chi connectivity index (χ2v) is 5.17. The second-order valence-electron chi connectivity index (χ2n) is 5.17. The predicted molar refractivity (Wildman–Crippen MR) is 54.5 cm³/mol. The lowest BCUT2D eigenvalue weighted by Gasteiger charge is -2.19. The van der Waals surface area contributed by atoms with Crippen LogP contribution in [0.3, 0.4) is 0 Å². The van der Waals surface area contributed by atoms with Gasteiger partial charge in [0, 0.05) is 0 Å². The molecule has 0 nitrogen and oxygen atoms in total. The third-order valence-corrected chi connectivity index (χ3v) is 2.13. The van der Waals surface area contributed by atoms with Crippen molar-refractivity contribution in [3.8, 4) is 0 Å². The van der Waals surface area contributed by atoms with Crippen LogP contribution in [0.25, 0.3) is 0 Å². The van der Waals surface area contributed by atoms with Gasteiger partial charge in [-0.3, -0.25) is 0 Å². The first-order valence-electron chi connectivity index (χ1n) is 5.06. The predicted octanol–water partition coefficient (Wildman–Crippen LogP) is 4.57. The van der Waals surface area contributed by atoms with Gasteiger partial charge in [-0.25, -0.2) is 8.78 Å². The van der Waals surface area contributed by atoms with Crippen molar-refractivity contribution in [2.45, 2.75) is 33.4 Å². The molecule has 0 amide bonds. The molecule has 0 saturated heterocycles. The minimum atomic E-state index is -4.88. The van der Waals surface area contributed by atoms with Crippen LogP contribution in [0.1, 0.15) is 31.9 Å². The third-order valence-electron chi connectivity index (χ3n) is 2.13. The van der Waals surface area contributed by atoms with E-state index in [1.54, 1.807) is 0 Å². The van der Waals surface area contributed by atoms with Crippen LogP contribution in [-0.4, -0.2) is 0 Å². The van der Waals surface area contributed by atoms with Crippen LogP contribution in [0.4, 0.5) is 22.0 Å². The minimum Gasteiger partial charge on any atom is -0.204 e. The number of benzene rings is 1. The Hall–Kier alpha value is -1.13. The molecule has 0 aromatic heterocycles. The van der Waals surface area contributed by atoms with E-state index in [-0.39, 0.29) is 17.4 Å². The number of hydrogen-bond acceptors (Lipinski definition) is 0. The van der Waals surface area contributed by atoms with Crippen molar-refractivity contribution < 1.29 is 22.0 Å². The maximum Gasteiger partial charge on any atom is 0.419 e. The summed E-state index contributed by atoms with van der Waals surface area (Å²) in [4.78, 5) is 0. The van der Waals surface area contributed by atoms with Gasteiger partial charge in [-0.1, -0.05) is 20.8 Å². The normalized spacial score (nSPS) is 12.9. The minimum absolute atomic E-state index is 0.142. The van der Waals surface area contributed by atoms with E-state index in [2.05, 4.69) is 0 Å². The zero-order chi connectivity index (χ0) is 13.4. The van der Waals surface area contributed by atoms with E-state index >= 15 is 0 Å². The van der Waals surface area contributed by atoms with Crippen molar-refractivity contribution in [1.82, 2.24) is 0 Å². The molecule has 1 aromatic rings. The first kappa shape index (κ1) is 13.9. The van der Waals surface area contributed by atoms with Gasteiger partial charge in [-0.2, -0.15) is 13.2 Å². The van der Waals surface area contributed by atoms with E-state index in [9.17, 15) is 22.0 Å². The summed E-state index contributed by atoms with van der Waals surface area (Å²) in [6, 6.07) is 1.49. The SMILES string of the molecule is CC(C)(C)Cc1cc(F)c(F)c(C(F)(F)F)c1. The molecule has 0 atom stereocenters. The molecule has 0 saturated carbocycles. The molecule has 0 radical (unpaired) electrons. The Bertz CT molecular complexity index is 412. The highest BCUT2D eigenvalue weighted by Gasteiger charge is 2.36. The molecule has 0 heterocycles. The van der Waals surface area contributed by atoms with E-state index in [4.69, 9.17) is 0 Å². The molecule has 0 unspecified atom stereocenters. The molecule has 5 heteroatoms. The highest BCUT2D eigenvalue weighted by molar-refractivity contribution is 5.29. The van der Waals surface area contributed by atoms with E-state index in [0.29, 0.717) is 6.07 Å². The Morgan fingerprint density at radius 3 is 1.94 bits per heavy atom. The van der Waals surface area contributed by atoms with Crippen molar-refractivity contribution in [3.05, 3.63) is 34.9 Å². The van der Waals surface area contributed by atoms with E-state index < -0.39 is 23.4 Å².